The molecule has 120 valence electrons. The minimum atomic E-state index is -0.324. The highest BCUT2D eigenvalue weighted by Crippen LogP contribution is 2.22. The lowest BCUT2D eigenvalue weighted by Crippen LogP contribution is -2.49. The largest absolute Gasteiger partial charge is 0.368 e. The van der Waals surface area contributed by atoms with E-state index < -0.39 is 0 Å². The standard InChI is InChI=1S/C19H23N3O/c20-19(23)18(17-9-5-2-6-10-17)22-13-11-21(12-14-22)15-16-7-3-1-4-8-16/h1-10,18H,11-15H2,(H2,20,23). The maximum atomic E-state index is 11.9. The van der Waals surface area contributed by atoms with Crippen LogP contribution in [-0.4, -0.2) is 41.9 Å². The van der Waals surface area contributed by atoms with Crippen molar-refractivity contribution < 1.29 is 4.79 Å². The first-order valence-electron chi connectivity index (χ1n) is 8.08. The summed E-state index contributed by atoms with van der Waals surface area (Å²) >= 11 is 0. The first kappa shape index (κ1) is 15.7. The van der Waals surface area contributed by atoms with Crippen LogP contribution in [0.3, 0.4) is 0 Å². The van der Waals surface area contributed by atoms with Crippen molar-refractivity contribution in [2.24, 2.45) is 5.73 Å². The second kappa shape index (κ2) is 7.40. The summed E-state index contributed by atoms with van der Waals surface area (Å²) in [7, 11) is 0. The normalized spacial score (nSPS) is 17.7. The molecule has 1 saturated heterocycles. The molecule has 1 fully saturated rings. The molecule has 0 aliphatic carbocycles. The Bertz CT molecular complexity index is 622. The van der Waals surface area contributed by atoms with Crippen LogP contribution in [0.2, 0.25) is 0 Å². The van der Waals surface area contributed by atoms with E-state index in [0.717, 1.165) is 38.3 Å². The predicted molar refractivity (Wildman–Crippen MR) is 91.7 cm³/mol. The van der Waals surface area contributed by atoms with Crippen LogP contribution in [0, 0.1) is 0 Å². The Morgan fingerprint density at radius 1 is 0.913 bits per heavy atom. The number of nitrogens with two attached hydrogens (primary N) is 1. The van der Waals surface area contributed by atoms with Crippen molar-refractivity contribution >= 4 is 5.91 Å². The summed E-state index contributed by atoms with van der Waals surface area (Å²) in [4.78, 5) is 16.6. The third-order valence-electron chi connectivity index (χ3n) is 4.41. The summed E-state index contributed by atoms with van der Waals surface area (Å²) in [5.41, 5.74) is 7.98. The summed E-state index contributed by atoms with van der Waals surface area (Å²) in [6.45, 7) is 4.57. The zero-order valence-corrected chi connectivity index (χ0v) is 13.3. The van der Waals surface area contributed by atoms with Gasteiger partial charge in [-0.25, -0.2) is 0 Å². The molecule has 0 radical (unpaired) electrons. The quantitative estimate of drug-likeness (QED) is 0.919. The fourth-order valence-electron chi connectivity index (χ4n) is 3.21. The lowest BCUT2D eigenvalue weighted by Gasteiger charge is -2.38. The van der Waals surface area contributed by atoms with Gasteiger partial charge in [0, 0.05) is 32.7 Å². The van der Waals surface area contributed by atoms with Gasteiger partial charge < -0.3 is 5.73 Å². The molecule has 2 N–H and O–H groups in total. The van der Waals surface area contributed by atoms with Crippen molar-refractivity contribution in [3.05, 3.63) is 71.8 Å². The minimum absolute atomic E-state index is 0.271. The van der Waals surface area contributed by atoms with Crippen molar-refractivity contribution in [2.75, 3.05) is 26.2 Å². The molecule has 0 spiro atoms. The van der Waals surface area contributed by atoms with Crippen LogP contribution >= 0.6 is 0 Å². The Balaban J connectivity index is 1.62. The average molecular weight is 309 g/mol. The van der Waals surface area contributed by atoms with Gasteiger partial charge in [0.05, 0.1) is 0 Å². The second-order valence-corrected chi connectivity index (χ2v) is 6.01. The first-order valence-corrected chi connectivity index (χ1v) is 8.08. The van der Waals surface area contributed by atoms with Crippen LogP contribution in [0.15, 0.2) is 60.7 Å². The number of carbonyl (C=O) groups excluding carboxylic acids is 1. The highest BCUT2D eigenvalue weighted by molar-refractivity contribution is 5.81. The third kappa shape index (κ3) is 3.97. The molecule has 1 heterocycles. The van der Waals surface area contributed by atoms with E-state index in [1.807, 2.05) is 36.4 Å². The van der Waals surface area contributed by atoms with Gasteiger partial charge in [0.25, 0.3) is 0 Å². The van der Waals surface area contributed by atoms with E-state index in [2.05, 4.69) is 34.1 Å². The van der Waals surface area contributed by atoms with Crippen LogP contribution in [0.25, 0.3) is 0 Å². The average Bonchev–Trinajstić information content (AvgIpc) is 2.58. The Morgan fingerprint density at radius 3 is 2.04 bits per heavy atom. The number of carbonyl (C=O) groups is 1. The fourth-order valence-corrected chi connectivity index (χ4v) is 3.21. The number of benzene rings is 2. The van der Waals surface area contributed by atoms with E-state index >= 15 is 0 Å². The number of amides is 1. The molecule has 3 rings (SSSR count). The highest BCUT2D eigenvalue weighted by atomic mass is 16.1. The number of hydrogen-bond acceptors (Lipinski definition) is 3. The molecule has 2 aromatic carbocycles. The number of primary amides is 1. The Labute approximate surface area is 137 Å². The minimum Gasteiger partial charge on any atom is -0.368 e. The van der Waals surface area contributed by atoms with Gasteiger partial charge in [-0.2, -0.15) is 0 Å². The van der Waals surface area contributed by atoms with E-state index in [-0.39, 0.29) is 11.9 Å². The van der Waals surface area contributed by atoms with Crippen molar-refractivity contribution in [2.45, 2.75) is 12.6 Å². The third-order valence-corrected chi connectivity index (χ3v) is 4.41. The summed E-state index contributed by atoms with van der Waals surface area (Å²) in [5.74, 6) is -0.271. The Morgan fingerprint density at radius 2 is 1.48 bits per heavy atom. The van der Waals surface area contributed by atoms with Gasteiger partial charge in [-0.15, -0.1) is 0 Å². The smallest absolute Gasteiger partial charge is 0.239 e. The molecule has 2 aromatic rings. The maximum absolute atomic E-state index is 11.9. The summed E-state index contributed by atoms with van der Waals surface area (Å²) in [5, 5.41) is 0. The summed E-state index contributed by atoms with van der Waals surface area (Å²) in [6.07, 6.45) is 0. The van der Waals surface area contributed by atoms with Crippen molar-refractivity contribution in [1.82, 2.24) is 9.80 Å². The van der Waals surface area contributed by atoms with Gasteiger partial charge in [0.2, 0.25) is 5.91 Å². The lowest BCUT2D eigenvalue weighted by molar-refractivity contribution is -0.124. The SMILES string of the molecule is NC(=O)C(c1ccccc1)N1CCN(Cc2ccccc2)CC1. The van der Waals surface area contributed by atoms with Gasteiger partial charge in [-0.1, -0.05) is 60.7 Å². The highest BCUT2D eigenvalue weighted by Gasteiger charge is 2.28. The predicted octanol–water partition coefficient (Wildman–Crippen LogP) is 2.03. The van der Waals surface area contributed by atoms with Gasteiger partial charge >= 0.3 is 0 Å². The zero-order valence-electron chi connectivity index (χ0n) is 13.3. The second-order valence-electron chi connectivity index (χ2n) is 6.01. The van der Waals surface area contributed by atoms with Crippen LogP contribution in [0.5, 0.6) is 0 Å². The van der Waals surface area contributed by atoms with Gasteiger partial charge in [-0.3, -0.25) is 14.6 Å². The molecule has 4 heteroatoms. The van der Waals surface area contributed by atoms with Crippen LogP contribution in [0.1, 0.15) is 17.2 Å². The molecule has 1 aliphatic heterocycles. The van der Waals surface area contributed by atoms with E-state index in [1.54, 1.807) is 0 Å². The molecule has 4 nitrogen and oxygen atoms in total. The van der Waals surface area contributed by atoms with Crippen LogP contribution < -0.4 is 5.73 Å². The molecular weight excluding hydrogens is 286 g/mol. The first-order chi connectivity index (χ1) is 11.2. The molecule has 1 amide bonds. The van der Waals surface area contributed by atoms with Crippen molar-refractivity contribution in [3.8, 4) is 0 Å². The Kier molecular flexibility index (Phi) is 5.05. The van der Waals surface area contributed by atoms with Crippen LogP contribution in [-0.2, 0) is 11.3 Å². The molecule has 0 aromatic heterocycles. The molecule has 1 atom stereocenters. The van der Waals surface area contributed by atoms with Crippen molar-refractivity contribution in [3.63, 3.8) is 0 Å². The summed E-state index contributed by atoms with van der Waals surface area (Å²) in [6, 6.07) is 20.0. The zero-order chi connectivity index (χ0) is 16.1. The molecular formula is C19H23N3O. The van der Waals surface area contributed by atoms with Gasteiger partial charge in [0.1, 0.15) is 6.04 Å². The number of piperazine rings is 1. The van der Waals surface area contributed by atoms with E-state index in [4.69, 9.17) is 5.73 Å². The Hall–Kier alpha value is -2.17. The number of hydrogen-bond donors (Lipinski definition) is 1. The number of nitrogens with zero attached hydrogens (tertiary/aromatic N) is 2. The van der Waals surface area contributed by atoms with E-state index in [1.165, 1.54) is 5.56 Å². The van der Waals surface area contributed by atoms with Crippen molar-refractivity contribution in [1.29, 1.82) is 0 Å². The number of rotatable bonds is 5. The summed E-state index contributed by atoms with van der Waals surface area (Å²) < 4.78 is 0. The molecule has 1 unspecified atom stereocenters. The van der Waals surface area contributed by atoms with E-state index in [0.29, 0.717) is 0 Å². The molecule has 23 heavy (non-hydrogen) atoms. The van der Waals surface area contributed by atoms with E-state index in [9.17, 15) is 4.79 Å². The maximum Gasteiger partial charge on any atom is 0.239 e. The molecule has 0 saturated carbocycles. The van der Waals surface area contributed by atoms with Gasteiger partial charge in [0.15, 0.2) is 0 Å². The lowest BCUT2D eigenvalue weighted by atomic mass is 10.0. The van der Waals surface area contributed by atoms with Gasteiger partial charge in [-0.05, 0) is 11.1 Å². The molecule has 1 aliphatic rings. The topological polar surface area (TPSA) is 49.6 Å². The molecule has 0 bridgehead atoms. The monoisotopic (exact) mass is 309 g/mol. The fraction of sp³-hybridized carbons (Fsp3) is 0.316. The van der Waals surface area contributed by atoms with Crippen LogP contribution in [0.4, 0.5) is 0 Å².